The highest BCUT2D eigenvalue weighted by atomic mass is 16.5. The van der Waals surface area contributed by atoms with Gasteiger partial charge < -0.3 is 4.74 Å². The van der Waals surface area contributed by atoms with Crippen molar-refractivity contribution in [1.82, 2.24) is 0 Å². The Hall–Kier alpha value is -1.05. The summed E-state index contributed by atoms with van der Waals surface area (Å²) < 4.78 is 5.62. The molecule has 1 atom stereocenters. The normalized spacial score (nSPS) is 26.8. The summed E-state index contributed by atoms with van der Waals surface area (Å²) in [6, 6.07) is 0.305. The van der Waals surface area contributed by atoms with Crippen molar-refractivity contribution in [2.75, 3.05) is 6.61 Å². The third-order valence-electron chi connectivity index (χ3n) is 2.70. The smallest absolute Gasteiger partial charge is 0.194 e. The summed E-state index contributed by atoms with van der Waals surface area (Å²) in [5, 5.41) is 0. The largest absolute Gasteiger partial charge is 0.478 e. The third kappa shape index (κ3) is 1.74. The summed E-state index contributed by atoms with van der Waals surface area (Å²) >= 11 is 0. The summed E-state index contributed by atoms with van der Waals surface area (Å²) in [6.07, 6.45) is 8.32. The zero-order valence-corrected chi connectivity index (χ0v) is 9.03. The van der Waals surface area contributed by atoms with Crippen molar-refractivity contribution in [3.8, 4) is 0 Å². The van der Waals surface area contributed by atoms with Crippen molar-refractivity contribution in [2.24, 2.45) is 16.3 Å². The summed E-state index contributed by atoms with van der Waals surface area (Å²) in [4.78, 5) is 4.63. The van der Waals surface area contributed by atoms with E-state index in [4.69, 9.17) is 4.74 Å². The molecule has 14 heavy (non-hydrogen) atoms. The molecule has 0 bridgehead atoms. The Morgan fingerprint density at radius 1 is 1.29 bits per heavy atom. The van der Waals surface area contributed by atoms with Gasteiger partial charge in [-0.15, -0.1) is 0 Å². The van der Waals surface area contributed by atoms with E-state index in [9.17, 15) is 0 Å². The monoisotopic (exact) mass is 191 g/mol. The Balaban J connectivity index is 2.09. The SMILES string of the molecule is CC(C)(C)C1COC(C2C=CC=C2)=N1. The Morgan fingerprint density at radius 2 is 1.93 bits per heavy atom. The molecule has 1 aliphatic heterocycles. The maximum atomic E-state index is 5.62. The van der Waals surface area contributed by atoms with Gasteiger partial charge >= 0.3 is 0 Å². The average molecular weight is 191 g/mol. The number of hydrogen-bond acceptors (Lipinski definition) is 2. The molecule has 0 saturated heterocycles. The number of rotatable bonds is 1. The summed E-state index contributed by atoms with van der Waals surface area (Å²) in [6.45, 7) is 7.34. The molecule has 2 aliphatic rings. The highest BCUT2D eigenvalue weighted by Gasteiger charge is 2.31. The van der Waals surface area contributed by atoms with Crippen LogP contribution in [-0.2, 0) is 4.74 Å². The molecule has 0 N–H and O–H groups in total. The van der Waals surface area contributed by atoms with Crippen molar-refractivity contribution in [1.29, 1.82) is 0 Å². The van der Waals surface area contributed by atoms with E-state index in [0.717, 1.165) is 12.5 Å². The fraction of sp³-hybridized carbons (Fsp3) is 0.583. The van der Waals surface area contributed by atoms with Gasteiger partial charge in [0.15, 0.2) is 5.90 Å². The van der Waals surface area contributed by atoms with Gasteiger partial charge in [0.2, 0.25) is 0 Å². The first-order valence-corrected chi connectivity index (χ1v) is 5.13. The van der Waals surface area contributed by atoms with Crippen LogP contribution in [-0.4, -0.2) is 18.5 Å². The summed E-state index contributed by atoms with van der Waals surface area (Å²) in [7, 11) is 0. The minimum atomic E-state index is 0.202. The molecule has 1 heterocycles. The molecule has 1 aliphatic carbocycles. The molecule has 76 valence electrons. The topological polar surface area (TPSA) is 21.6 Å². The van der Waals surface area contributed by atoms with Crippen LogP contribution in [0.5, 0.6) is 0 Å². The van der Waals surface area contributed by atoms with E-state index < -0.39 is 0 Å². The standard InChI is InChI=1S/C12H17NO/c1-12(2,3)10-8-14-11(13-10)9-6-4-5-7-9/h4-7,9-10H,8H2,1-3H3. The molecule has 2 rings (SSSR count). The van der Waals surface area contributed by atoms with Crippen molar-refractivity contribution < 1.29 is 4.74 Å². The lowest BCUT2D eigenvalue weighted by molar-refractivity contribution is 0.232. The predicted octanol–water partition coefficient (Wildman–Crippen LogP) is 2.57. The number of aliphatic imine (C=N–C) groups is 1. The fourth-order valence-electron chi connectivity index (χ4n) is 1.61. The molecule has 0 fully saturated rings. The van der Waals surface area contributed by atoms with Gasteiger partial charge in [-0.3, -0.25) is 0 Å². The van der Waals surface area contributed by atoms with Crippen LogP contribution >= 0.6 is 0 Å². The molecular weight excluding hydrogens is 174 g/mol. The zero-order chi connectivity index (χ0) is 10.2. The zero-order valence-electron chi connectivity index (χ0n) is 9.03. The van der Waals surface area contributed by atoms with Gasteiger partial charge in [0.25, 0.3) is 0 Å². The van der Waals surface area contributed by atoms with Gasteiger partial charge in [-0.2, -0.15) is 0 Å². The van der Waals surface area contributed by atoms with Crippen LogP contribution in [0.25, 0.3) is 0 Å². The third-order valence-corrected chi connectivity index (χ3v) is 2.70. The van der Waals surface area contributed by atoms with Gasteiger partial charge in [-0.25, -0.2) is 4.99 Å². The lowest BCUT2D eigenvalue weighted by atomic mass is 9.88. The van der Waals surface area contributed by atoms with Crippen LogP contribution in [0.4, 0.5) is 0 Å². The second-order valence-electron chi connectivity index (χ2n) is 4.96. The first-order valence-electron chi connectivity index (χ1n) is 5.13. The number of hydrogen-bond donors (Lipinski definition) is 0. The van der Waals surface area contributed by atoms with E-state index in [1.807, 2.05) is 12.2 Å². The van der Waals surface area contributed by atoms with Crippen molar-refractivity contribution in [2.45, 2.75) is 26.8 Å². The van der Waals surface area contributed by atoms with Gasteiger partial charge in [-0.05, 0) is 5.41 Å². The fourth-order valence-corrected chi connectivity index (χ4v) is 1.61. The Labute approximate surface area is 85.4 Å². The van der Waals surface area contributed by atoms with Crippen LogP contribution in [0.15, 0.2) is 29.3 Å². The first-order chi connectivity index (χ1) is 6.57. The predicted molar refractivity (Wildman–Crippen MR) is 58.4 cm³/mol. The lowest BCUT2D eigenvalue weighted by Crippen LogP contribution is -2.25. The number of ether oxygens (including phenoxy) is 1. The minimum absolute atomic E-state index is 0.202. The second kappa shape index (κ2) is 3.26. The van der Waals surface area contributed by atoms with Crippen LogP contribution in [0.1, 0.15) is 20.8 Å². The van der Waals surface area contributed by atoms with E-state index in [1.54, 1.807) is 0 Å². The van der Waals surface area contributed by atoms with E-state index >= 15 is 0 Å². The molecule has 0 radical (unpaired) electrons. The maximum absolute atomic E-state index is 5.62. The van der Waals surface area contributed by atoms with Crippen LogP contribution in [0, 0.1) is 11.3 Å². The Morgan fingerprint density at radius 3 is 2.43 bits per heavy atom. The molecule has 0 aromatic rings. The van der Waals surface area contributed by atoms with E-state index in [-0.39, 0.29) is 11.3 Å². The Kier molecular flexibility index (Phi) is 2.22. The molecular formula is C12H17NO. The minimum Gasteiger partial charge on any atom is -0.478 e. The molecule has 2 nitrogen and oxygen atoms in total. The van der Waals surface area contributed by atoms with Crippen LogP contribution < -0.4 is 0 Å². The quantitative estimate of drug-likeness (QED) is 0.624. The molecule has 0 aromatic heterocycles. The van der Waals surface area contributed by atoms with Gasteiger partial charge in [0.1, 0.15) is 6.61 Å². The maximum Gasteiger partial charge on any atom is 0.194 e. The van der Waals surface area contributed by atoms with E-state index in [1.165, 1.54) is 0 Å². The van der Waals surface area contributed by atoms with Crippen LogP contribution in [0.2, 0.25) is 0 Å². The van der Waals surface area contributed by atoms with Crippen LogP contribution in [0.3, 0.4) is 0 Å². The lowest BCUT2D eigenvalue weighted by Gasteiger charge is -2.21. The number of nitrogens with zero attached hydrogens (tertiary/aromatic N) is 1. The molecule has 1 unspecified atom stereocenters. The van der Waals surface area contributed by atoms with E-state index in [2.05, 4.69) is 37.9 Å². The molecule has 2 heteroatoms. The number of allylic oxidation sites excluding steroid dienone is 2. The summed E-state index contributed by atoms with van der Waals surface area (Å²) in [5.74, 6) is 1.16. The van der Waals surface area contributed by atoms with Crippen molar-refractivity contribution in [3.05, 3.63) is 24.3 Å². The molecule has 0 amide bonds. The second-order valence-corrected chi connectivity index (χ2v) is 4.96. The van der Waals surface area contributed by atoms with E-state index in [0.29, 0.717) is 6.04 Å². The first kappa shape index (κ1) is 9.50. The van der Waals surface area contributed by atoms with Gasteiger partial charge in [0.05, 0.1) is 12.0 Å². The average Bonchev–Trinajstić information content (AvgIpc) is 2.73. The molecule has 0 spiro atoms. The van der Waals surface area contributed by atoms with Gasteiger partial charge in [0, 0.05) is 0 Å². The van der Waals surface area contributed by atoms with Crippen molar-refractivity contribution >= 4 is 5.90 Å². The highest BCUT2D eigenvalue weighted by molar-refractivity contribution is 5.84. The van der Waals surface area contributed by atoms with Gasteiger partial charge in [-0.1, -0.05) is 45.1 Å². The summed E-state index contributed by atoms with van der Waals surface area (Å²) in [5.41, 5.74) is 0.202. The van der Waals surface area contributed by atoms with Crippen molar-refractivity contribution in [3.63, 3.8) is 0 Å². The highest BCUT2D eigenvalue weighted by Crippen LogP contribution is 2.28. The Bertz CT molecular complexity index is 295. The molecule has 0 saturated carbocycles. The molecule has 0 aromatic carbocycles.